The molecule has 0 atom stereocenters. The number of benzene rings is 2. The Hall–Kier alpha value is -1.93. The number of nitrogens with zero attached hydrogens (tertiary/aromatic N) is 1. The molecule has 0 unspecified atom stereocenters. The number of nitrogens with one attached hydrogen (secondary N) is 1. The van der Waals surface area contributed by atoms with Crippen molar-refractivity contribution in [2.24, 2.45) is 5.92 Å². The summed E-state index contributed by atoms with van der Waals surface area (Å²) in [7, 11) is -1.80. The van der Waals surface area contributed by atoms with Gasteiger partial charge in [0.05, 0.1) is 12.4 Å². The number of carbonyl (C=O) groups is 1. The van der Waals surface area contributed by atoms with Crippen LogP contribution in [0.2, 0.25) is 5.02 Å². The van der Waals surface area contributed by atoms with Gasteiger partial charge >= 0.3 is 0 Å². The number of rotatable bonds is 7. The summed E-state index contributed by atoms with van der Waals surface area (Å²) in [6.45, 7) is 1.17. The van der Waals surface area contributed by atoms with Crippen LogP contribution in [0.5, 0.6) is 0 Å². The van der Waals surface area contributed by atoms with Gasteiger partial charge in [-0.25, -0.2) is 12.7 Å². The summed E-state index contributed by atoms with van der Waals surface area (Å²) in [6, 6.07) is 14.3. The third-order valence-corrected chi connectivity index (χ3v) is 7.09. The smallest absolute Gasteiger partial charge is 0.227 e. The predicted molar refractivity (Wildman–Crippen MR) is 114 cm³/mol. The van der Waals surface area contributed by atoms with E-state index in [-0.39, 0.29) is 17.6 Å². The molecule has 1 saturated heterocycles. The minimum absolute atomic E-state index is 0.0622. The van der Waals surface area contributed by atoms with Gasteiger partial charge in [-0.05, 0) is 48.2 Å². The van der Waals surface area contributed by atoms with E-state index < -0.39 is 10.0 Å². The highest BCUT2D eigenvalue weighted by molar-refractivity contribution is 7.88. The fourth-order valence-corrected chi connectivity index (χ4v) is 5.12. The van der Waals surface area contributed by atoms with Crippen LogP contribution >= 0.6 is 11.6 Å². The summed E-state index contributed by atoms with van der Waals surface area (Å²) >= 11 is 5.86. The Morgan fingerprint density at radius 3 is 2.48 bits per heavy atom. The van der Waals surface area contributed by atoms with Crippen LogP contribution in [-0.4, -0.2) is 38.8 Å². The summed E-state index contributed by atoms with van der Waals surface area (Å²) in [5.41, 5.74) is 2.40. The number of ether oxygens (including phenoxy) is 1. The number of hydrogen-bond acceptors (Lipinski definition) is 4. The standard InChI is InChI=1S/C21H25ClN2O4S/c1-28-14-17-3-2-4-20(13-17)23-21(25)18-9-11-24(12-10-18)29(26,27)15-16-5-7-19(22)8-6-16/h2-8,13,18H,9-12,14-15H2,1H3,(H,23,25). The van der Waals surface area contributed by atoms with E-state index in [2.05, 4.69) is 5.32 Å². The zero-order valence-electron chi connectivity index (χ0n) is 16.3. The maximum atomic E-state index is 12.7. The Morgan fingerprint density at radius 2 is 1.83 bits per heavy atom. The quantitative estimate of drug-likeness (QED) is 0.718. The number of methoxy groups -OCH3 is 1. The molecule has 3 rings (SSSR count). The molecule has 156 valence electrons. The lowest BCUT2D eigenvalue weighted by molar-refractivity contribution is -0.120. The van der Waals surface area contributed by atoms with E-state index in [1.54, 1.807) is 31.4 Å². The Morgan fingerprint density at radius 1 is 1.14 bits per heavy atom. The molecule has 0 radical (unpaired) electrons. The second-order valence-corrected chi connectivity index (χ2v) is 9.58. The lowest BCUT2D eigenvalue weighted by atomic mass is 9.97. The molecule has 1 heterocycles. The zero-order valence-corrected chi connectivity index (χ0v) is 17.9. The monoisotopic (exact) mass is 436 g/mol. The van der Waals surface area contributed by atoms with E-state index in [4.69, 9.17) is 16.3 Å². The molecule has 0 bridgehead atoms. The highest BCUT2D eigenvalue weighted by Gasteiger charge is 2.31. The summed E-state index contributed by atoms with van der Waals surface area (Å²) in [4.78, 5) is 12.6. The Balaban J connectivity index is 1.54. The van der Waals surface area contributed by atoms with Crippen LogP contribution < -0.4 is 5.32 Å². The first kappa shape index (κ1) is 21.8. The molecule has 2 aromatic rings. The Kier molecular flexibility index (Phi) is 7.29. The number of amides is 1. The van der Waals surface area contributed by atoms with Crippen molar-refractivity contribution in [3.63, 3.8) is 0 Å². The minimum atomic E-state index is -3.42. The topological polar surface area (TPSA) is 75.7 Å². The lowest BCUT2D eigenvalue weighted by Crippen LogP contribution is -2.41. The fourth-order valence-electron chi connectivity index (χ4n) is 3.43. The molecule has 0 aromatic heterocycles. The molecule has 0 spiro atoms. The van der Waals surface area contributed by atoms with E-state index in [0.29, 0.717) is 43.1 Å². The van der Waals surface area contributed by atoms with Crippen LogP contribution in [0, 0.1) is 5.92 Å². The number of anilines is 1. The molecular weight excluding hydrogens is 412 g/mol. The molecule has 0 aliphatic carbocycles. The molecule has 0 saturated carbocycles. The van der Waals surface area contributed by atoms with Crippen molar-refractivity contribution in [3.8, 4) is 0 Å². The number of carbonyl (C=O) groups excluding carboxylic acids is 1. The average molecular weight is 437 g/mol. The van der Waals surface area contributed by atoms with Crippen LogP contribution in [0.15, 0.2) is 48.5 Å². The SMILES string of the molecule is COCc1cccc(NC(=O)C2CCN(S(=O)(=O)Cc3ccc(Cl)cc3)CC2)c1. The molecule has 1 fully saturated rings. The van der Waals surface area contributed by atoms with Crippen molar-refractivity contribution in [3.05, 3.63) is 64.7 Å². The first-order chi connectivity index (χ1) is 13.9. The largest absolute Gasteiger partial charge is 0.380 e. The highest BCUT2D eigenvalue weighted by Crippen LogP contribution is 2.24. The van der Waals surface area contributed by atoms with Crippen LogP contribution in [0.3, 0.4) is 0 Å². The number of sulfonamides is 1. The third-order valence-electron chi connectivity index (χ3n) is 4.99. The molecule has 29 heavy (non-hydrogen) atoms. The second-order valence-electron chi connectivity index (χ2n) is 7.18. The lowest BCUT2D eigenvalue weighted by Gasteiger charge is -2.30. The zero-order chi connectivity index (χ0) is 20.9. The van der Waals surface area contributed by atoms with Gasteiger partial charge in [0, 0.05) is 36.8 Å². The summed E-state index contributed by atoms with van der Waals surface area (Å²) in [5, 5.41) is 3.51. The van der Waals surface area contributed by atoms with Gasteiger partial charge in [0.15, 0.2) is 0 Å². The highest BCUT2D eigenvalue weighted by atomic mass is 35.5. The molecule has 1 amide bonds. The molecule has 1 aliphatic heterocycles. The van der Waals surface area contributed by atoms with E-state index in [1.807, 2.05) is 24.3 Å². The van der Waals surface area contributed by atoms with E-state index in [1.165, 1.54) is 4.31 Å². The fraction of sp³-hybridized carbons (Fsp3) is 0.381. The van der Waals surface area contributed by atoms with Gasteiger partial charge < -0.3 is 10.1 Å². The van der Waals surface area contributed by atoms with Gasteiger partial charge in [0.1, 0.15) is 0 Å². The molecular formula is C21H25ClN2O4S. The van der Waals surface area contributed by atoms with Gasteiger partial charge in [0.2, 0.25) is 15.9 Å². The minimum Gasteiger partial charge on any atom is -0.380 e. The van der Waals surface area contributed by atoms with Crippen LogP contribution in [0.1, 0.15) is 24.0 Å². The number of halogens is 1. The molecule has 1 N–H and O–H groups in total. The van der Waals surface area contributed by atoms with Gasteiger partial charge in [-0.15, -0.1) is 0 Å². The van der Waals surface area contributed by atoms with Crippen molar-refractivity contribution < 1.29 is 17.9 Å². The van der Waals surface area contributed by atoms with Gasteiger partial charge in [0.25, 0.3) is 0 Å². The Labute approximate surface area is 176 Å². The van der Waals surface area contributed by atoms with Gasteiger partial charge in [-0.1, -0.05) is 35.9 Å². The normalized spacial score (nSPS) is 15.9. The van der Waals surface area contributed by atoms with E-state index in [9.17, 15) is 13.2 Å². The average Bonchev–Trinajstić information content (AvgIpc) is 2.70. The molecule has 8 heteroatoms. The maximum absolute atomic E-state index is 12.7. The van der Waals surface area contributed by atoms with Crippen LogP contribution in [-0.2, 0) is 31.9 Å². The predicted octanol–water partition coefficient (Wildman–Crippen LogP) is 3.67. The summed E-state index contributed by atoms with van der Waals surface area (Å²) in [6.07, 6.45) is 1.01. The van der Waals surface area contributed by atoms with Gasteiger partial charge in [-0.2, -0.15) is 0 Å². The molecule has 2 aromatic carbocycles. The van der Waals surface area contributed by atoms with Gasteiger partial charge in [-0.3, -0.25) is 4.79 Å². The van der Waals surface area contributed by atoms with E-state index >= 15 is 0 Å². The van der Waals surface area contributed by atoms with Crippen LogP contribution in [0.25, 0.3) is 0 Å². The second kappa shape index (κ2) is 9.71. The maximum Gasteiger partial charge on any atom is 0.227 e. The van der Waals surface area contributed by atoms with Crippen molar-refractivity contribution in [1.29, 1.82) is 0 Å². The molecule has 6 nitrogen and oxygen atoms in total. The first-order valence-electron chi connectivity index (χ1n) is 9.48. The summed E-state index contributed by atoms with van der Waals surface area (Å²) in [5.74, 6) is -0.342. The van der Waals surface area contributed by atoms with Crippen molar-refractivity contribution in [1.82, 2.24) is 4.31 Å². The third kappa shape index (κ3) is 6.02. The Bertz CT molecular complexity index is 939. The van der Waals surface area contributed by atoms with E-state index in [0.717, 1.165) is 11.3 Å². The van der Waals surface area contributed by atoms with Crippen LogP contribution in [0.4, 0.5) is 5.69 Å². The van der Waals surface area contributed by atoms with Crippen molar-refractivity contribution in [2.75, 3.05) is 25.5 Å². The first-order valence-corrected chi connectivity index (χ1v) is 11.5. The van der Waals surface area contributed by atoms with Crippen molar-refractivity contribution in [2.45, 2.75) is 25.2 Å². The number of piperidine rings is 1. The summed E-state index contributed by atoms with van der Waals surface area (Å²) < 4.78 is 32.0. The molecule has 1 aliphatic rings. The number of hydrogen-bond donors (Lipinski definition) is 1. The van der Waals surface area contributed by atoms with Crippen molar-refractivity contribution >= 4 is 33.2 Å².